The van der Waals surface area contributed by atoms with Crippen molar-refractivity contribution in [2.24, 2.45) is 0 Å². The molecular formula is C28H28ClN3O4. The number of nitrogens with zero attached hydrogens (tertiary/aromatic N) is 3. The van der Waals surface area contributed by atoms with Crippen molar-refractivity contribution in [1.82, 2.24) is 14.4 Å². The topological polar surface area (TPSA) is 67.9 Å². The SMILES string of the molecule is COc1cccc(Cn2c(C(=O)N3CCN(C(=O)[C@@H](Cl)c4ccccc4)[C@@H](C)C3)cc3ccoc32)c1. The van der Waals surface area contributed by atoms with Gasteiger partial charge < -0.3 is 23.5 Å². The molecule has 3 heterocycles. The van der Waals surface area contributed by atoms with Crippen molar-refractivity contribution in [1.29, 1.82) is 0 Å². The van der Waals surface area contributed by atoms with Gasteiger partial charge in [0.25, 0.3) is 5.91 Å². The van der Waals surface area contributed by atoms with Gasteiger partial charge in [-0.05, 0) is 42.3 Å². The summed E-state index contributed by atoms with van der Waals surface area (Å²) in [6.07, 6.45) is 1.63. The lowest BCUT2D eigenvalue weighted by Crippen LogP contribution is -2.56. The third-order valence-corrected chi connectivity index (χ3v) is 7.14. The van der Waals surface area contributed by atoms with E-state index in [0.717, 1.165) is 22.3 Å². The molecule has 7 nitrogen and oxygen atoms in total. The molecule has 2 aromatic carbocycles. The van der Waals surface area contributed by atoms with Crippen LogP contribution in [0.4, 0.5) is 0 Å². The molecule has 4 aromatic rings. The number of furan rings is 1. The average Bonchev–Trinajstić information content (AvgIpc) is 3.50. The van der Waals surface area contributed by atoms with E-state index in [1.165, 1.54) is 0 Å². The van der Waals surface area contributed by atoms with Crippen molar-refractivity contribution >= 4 is 34.5 Å². The summed E-state index contributed by atoms with van der Waals surface area (Å²) in [6.45, 7) is 3.70. The van der Waals surface area contributed by atoms with Crippen molar-refractivity contribution in [2.45, 2.75) is 24.9 Å². The standard InChI is InChI=1S/C28H28ClN3O4/c1-19-17-30(12-13-31(19)27(34)25(29)21-8-4-3-5-9-21)26(33)24-16-22-11-14-36-28(22)32(24)18-20-7-6-10-23(15-20)35-2/h3-11,14-16,19,25H,12-13,17-18H2,1-2H3/t19-,25-/m0/s1. The number of amides is 2. The minimum atomic E-state index is -0.747. The number of carbonyl (C=O) groups excluding carboxylic acids is 2. The van der Waals surface area contributed by atoms with E-state index in [9.17, 15) is 9.59 Å². The summed E-state index contributed by atoms with van der Waals surface area (Å²) in [6, 6.07) is 20.7. The Kier molecular flexibility index (Phi) is 6.74. The van der Waals surface area contributed by atoms with E-state index >= 15 is 0 Å². The molecule has 1 aliphatic heterocycles. The van der Waals surface area contributed by atoms with Crippen molar-refractivity contribution < 1.29 is 18.7 Å². The lowest BCUT2D eigenvalue weighted by molar-refractivity contribution is -0.135. The first-order chi connectivity index (χ1) is 17.5. The van der Waals surface area contributed by atoms with Crippen LogP contribution >= 0.6 is 11.6 Å². The van der Waals surface area contributed by atoms with E-state index in [0.29, 0.717) is 37.6 Å². The highest BCUT2D eigenvalue weighted by Gasteiger charge is 2.34. The van der Waals surface area contributed by atoms with Gasteiger partial charge in [-0.2, -0.15) is 0 Å². The Morgan fingerprint density at radius 2 is 1.89 bits per heavy atom. The normalized spacial score (nSPS) is 16.8. The van der Waals surface area contributed by atoms with Gasteiger partial charge in [0.15, 0.2) is 0 Å². The van der Waals surface area contributed by atoms with Crippen molar-refractivity contribution in [3.05, 3.63) is 89.8 Å². The molecule has 0 unspecified atom stereocenters. The highest BCUT2D eigenvalue weighted by atomic mass is 35.5. The number of carbonyl (C=O) groups is 2. The Hall–Kier alpha value is -3.71. The Labute approximate surface area is 214 Å². The molecule has 0 N–H and O–H groups in total. The summed E-state index contributed by atoms with van der Waals surface area (Å²) >= 11 is 6.51. The summed E-state index contributed by atoms with van der Waals surface area (Å²) in [4.78, 5) is 30.4. The number of halogens is 1. The number of fused-ring (bicyclic) bond motifs is 1. The summed E-state index contributed by atoms with van der Waals surface area (Å²) in [5.41, 5.74) is 2.97. The van der Waals surface area contributed by atoms with Crippen LogP contribution in [-0.2, 0) is 11.3 Å². The van der Waals surface area contributed by atoms with Crippen molar-refractivity contribution in [3.8, 4) is 5.75 Å². The number of aromatic nitrogens is 1. The summed E-state index contributed by atoms with van der Waals surface area (Å²) in [7, 11) is 1.63. The first-order valence-corrected chi connectivity index (χ1v) is 12.4. The molecule has 186 valence electrons. The Morgan fingerprint density at radius 3 is 2.64 bits per heavy atom. The molecule has 2 aromatic heterocycles. The van der Waals surface area contributed by atoms with Crippen LogP contribution < -0.4 is 4.74 Å². The number of methoxy groups -OCH3 is 1. The van der Waals surface area contributed by atoms with Crippen LogP contribution in [0.1, 0.15) is 33.9 Å². The number of benzene rings is 2. The molecule has 0 saturated carbocycles. The van der Waals surface area contributed by atoms with Gasteiger partial charge in [0.1, 0.15) is 16.8 Å². The smallest absolute Gasteiger partial charge is 0.270 e. The van der Waals surface area contributed by atoms with E-state index in [4.69, 9.17) is 20.8 Å². The number of alkyl halides is 1. The molecule has 0 bridgehead atoms. The zero-order valence-electron chi connectivity index (χ0n) is 20.3. The van der Waals surface area contributed by atoms with Gasteiger partial charge in [-0.1, -0.05) is 42.5 Å². The van der Waals surface area contributed by atoms with Crippen LogP contribution in [0.2, 0.25) is 0 Å². The van der Waals surface area contributed by atoms with Crippen LogP contribution in [0.3, 0.4) is 0 Å². The number of hydrogen-bond acceptors (Lipinski definition) is 4. The van der Waals surface area contributed by atoms with Gasteiger partial charge in [-0.3, -0.25) is 9.59 Å². The maximum absolute atomic E-state index is 13.7. The van der Waals surface area contributed by atoms with E-state index in [-0.39, 0.29) is 17.9 Å². The predicted octanol–water partition coefficient (Wildman–Crippen LogP) is 4.94. The second-order valence-corrected chi connectivity index (χ2v) is 9.49. The van der Waals surface area contributed by atoms with Gasteiger partial charge in [-0.15, -0.1) is 11.6 Å². The zero-order chi connectivity index (χ0) is 25.2. The maximum Gasteiger partial charge on any atom is 0.270 e. The average molecular weight is 506 g/mol. The molecule has 36 heavy (non-hydrogen) atoms. The maximum atomic E-state index is 13.7. The molecule has 1 saturated heterocycles. The molecular weight excluding hydrogens is 478 g/mol. The van der Waals surface area contributed by atoms with E-state index in [1.54, 1.807) is 23.2 Å². The second kappa shape index (κ2) is 10.1. The van der Waals surface area contributed by atoms with Crippen LogP contribution in [0, 0.1) is 0 Å². The Balaban J connectivity index is 1.34. The van der Waals surface area contributed by atoms with Crippen molar-refractivity contribution in [3.63, 3.8) is 0 Å². The molecule has 2 atom stereocenters. The van der Waals surface area contributed by atoms with Crippen molar-refractivity contribution in [2.75, 3.05) is 26.7 Å². The summed E-state index contributed by atoms with van der Waals surface area (Å²) in [5.74, 6) is 0.529. The number of piperazine rings is 1. The minimum Gasteiger partial charge on any atom is -0.497 e. The zero-order valence-corrected chi connectivity index (χ0v) is 21.0. The van der Waals surface area contributed by atoms with Gasteiger partial charge in [0.2, 0.25) is 11.6 Å². The lowest BCUT2D eigenvalue weighted by Gasteiger charge is -2.40. The van der Waals surface area contributed by atoms with E-state index in [2.05, 4.69) is 0 Å². The summed E-state index contributed by atoms with van der Waals surface area (Å²) < 4.78 is 13.0. The summed E-state index contributed by atoms with van der Waals surface area (Å²) in [5, 5.41) is 0.124. The fourth-order valence-electron chi connectivity index (χ4n) is 4.80. The van der Waals surface area contributed by atoms with Crippen LogP contribution in [-0.4, -0.2) is 59.0 Å². The molecule has 0 radical (unpaired) electrons. The fourth-order valence-corrected chi connectivity index (χ4v) is 5.08. The monoisotopic (exact) mass is 505 g/mol. The van der Waals surface area contributed by atoms with E-state index < -0.39 is 5.38 Å². The second-order valence-electron chi connectivity index (χ2n) is 9.05. The molecule has 8 heteroatoms. The third kappa shape index (κ3) is 4.58. The molecule has 2 amide bonds. The number of ether oxygens (including phenoxy) is 1. The highest BCUT2D eigenvalue weighted by Crippen LogP contribution is 2.28. The van der Waals surface area contributed by atoms with Gasteiger partial charge >= 0.3 is 0 Å². The largest absolute Gasteiger partial charge is 0.497 e. The minimum absolute atomic E-state index is 0.0891. The molecule has 1 aliphatic rings. The van der Waals surface area contributed by atoms with Gasteiger partial charge in [0, 0.05) is 31.1 Å². The highest BCUT2D eigenvalue weighted by molar-refractivity contribution is 6.30. The lowest BCUT2D eigenvalue weighted by atomic mass is 10.1. The van der Waals surface area contributed by atoms with Crippen LogP contribution in [0.25, 0.3) is 11.1 Å². The van der Waals surface area contributed by atoms with E-state index in [1.807, 2.05) is 78.2 Å². The third-order valence-electron chi connectivity index (χ3n) is 6.70. The quantitative estimate of drug-likeness (QED) is 0.348. The number of hydrogen-bond donors (Lipinski definition) is 0. The molecule has 1 fully saturated rings. The molecule has 0 spiro atoms. The van der Waals surface area contributed by atoms with Crippen LogP contribution in [0.15, 0.2) is 77.4 Å². The van der Waals surface area contributed by atoms with Gasteiger partial charge in [-0.25, -0.2) is 0 Å². The molecule has 5 rings (SSSR count). The number of rotatable bonds is 6. The molecule has 0 aliphatic carbocycles. The van der Waals surface area contributed by atoms with Gasteiger partial charge in [0.05, 0.1) is 19.9 Å². The Bertz CT molecular complexity index is 1380. The first kappa shape index (κ1) is 24.0. The van der Waals surface area contributed by atoms with Crippen LogP contribution in [0.5, 0.6) is 5.75 Å². The first-order valence-electron chi connectivity index (χ1n) is 11.9. The fraction of sp³-hybridized carbons (Fsp3) is 0.286. The Morgan fingerprint density at radius 1 is 1.08 bits per heavy atom. The predicted molar refractivity (Wildman–Crippen MR) is 138 cm³/mol.